The van der Waals surface area contributed by atoms with Gasteiger partial charge in [-0.3, -0.25) is 0 Å². The molecule has 12 aromatic rings. The van der Waals surface area contributed by atoms with Gasteiger partial charge >= 0.3 is 0 Å². The number of thiophene rings is 1. The third-order valence-electron chi connectivity index (χ3n) is 12.1. The number of furan rings is 1. The summed E-state index contributed by atoms with van der Waals surface area (Å²) in [5.74, 6) is 0. The summed E-state index contributed by atoms with van der Waals surface area (Å²) >= 11 is 1.87. The van der Waals surface area contributed by atoms with E-state index in [-0.39, 0.29) is 0 Å². The van der Waals surface area contributed by atoms with Crippen LogP contribution in [0.2, 0.25) is 0 Å². The van der Waals surface area contributed by atoms with Gasteiger partial charge in [0.25, 0.3) is 0 Å². The van der Waals surface area contributed by atoms with Gasteiger partial charge in [-0.25, -0.2) is 0 Å². The number of nitrogens with zero attached hydrogens (tertiary/aromatic N) is 1. The van der Waals surface area contributed by atoms with Crippen LogP contribution in [0, 0.1) is 0 Å². The van der Waals surface area contributed by atoms with Gasteiger partial charge in [-0.15, -0.1) is 11.3 Å². The monoisotopic (exact) mass is 795 g/mol. The van der Waals surface area contributed by atoms with Gasteiger partial charge in [-0.05, 0) is 98.8 Å². The Morgan fingerprint density at radius 3 is 1.66 bits per heavy atom. The Bertz CT molecular complexity index is 3570. The number of rotatable bonds is 7. The molecule has 0 unspecified atom stereocenters. The van der Waals surface area contributed by atoms with Crippen molar-refractivity contribution < 1.29 is 4.42 Å². The number of anilines is 3. The Morgan fingerprint density at radius 1 is 0.328 bits per heavy atom. The third kappa shape index (κ3) is 6.09. The van der Waals surface area contributed by atoms with Crippen molar-refractivity contribution in [2.45, 2.75) is 0 Å². The zero-order valence-electron chi connectivity index (χ0n) is 33.1. The van der Waals surface area contributed by atoms with Gasteiger partial charge in [0.15, 0.2) is 0 Å². The van der Waals surface area contributed by atoms with E-state index >= 15 is 0 Å². The van der Waals surface area contributed by atoms with Gasteiger partial charge in [0.2, 0.25) is 0 Å². The fourth-order valence-electron chi connectivity index (χ4n) is 9.11. The van der Waals surface area contributed by atoms with Crippen molar-refractivity contribution in [3.63, 3.8) is 0 Å². The van der Waals surface area contributed by atoms with Crippen LogP contribution >= 0.6 is 11.3 Å². The highest BCUT2D eigenvalue weighted by atomic mass is 32.1. The van der Waals surface area contributed by atoms with Crippen LogP contribution in [0.25, 0.3) is 97.4 Å². The summed E-state index contributed by atoms with van der Waals surface area (Å²) in [7, 11) is 0. The predicted octanol–water partition coefficient (Wildman–Crippen LogP) is 17.2. The SMILES string of the molecule is c1ccc(N(c2ccc(-c3ccc(-c4cccc5ccccc45)cc3)cc2)c2ccc(-c3ccc4oc5ccccc5c4c3)cc2)c(-c2cccc3c2sc2ccccc23)c1. The van der Waals surface area contributed by atoms with Crippen molar-refractivity contribution in [1.82, 2.24) is 0 Å². The van der Waals surface area contributed by atoms with E-state index in [0.29, 0.717) is 0 Å². The molecule has 61 heavy (non-hydrogen) atoms. The maximum absolute atomic E-state index is 6.15. The first kappa shape index (κ1) is 35.2. The van der Waals surface area contributed by atoms with Crippen molar-refractivity contribution in [2.75, 3.05) is 4.90 Å². The van der Waals surface area contributed by atoms with E-state index in [4.69, 9.17) is 4.42 Å². The minimum atomic E-state index is 0.905. The molecule has 2 aromatic heterocycles. The minimum Gasteiger partial charge on any atom is -0.456 e. The zero-order valence-corrected chi connectivity index (χ0v) is 33.9. The second-order valence-corrected chi connectivity index (χ2v) is 16.7. The molecule has 0 aliphatic heterocycles. The van der Waals surface area contributed by atoms with Gasteiger partial charge in [-0.1, -0.05) is 170 Å². The number of hydrogen-bond acceptors (Lipinski definition) is 3. The minimum absolute atomic E-state index is 0.905. The van der Waals surface area contributed by atoms with Crippen molar-refractivity contribution in [2.24, 2.45) is 0 Å². The van der Waals surface area contributed by atoms with Gasteiger partial charge in [-0.2, -0.15) is 0 Å². The lowest BCUT2D eigenvalue weighted by molar-refractivity contribution is 0.669. The van der Waals surface area contributed by atoms with Gasteiger partial charge in [0.05, 0.1) is 5.69 Å². The Hall–Kier alpha value is -7.72. The molecule has 12 rings (SSSR count). The number of para-hydroxylation sites is 2. The van der Waals surface area contributed by atoms with Crippen LogP contribution in [-0.2, 0) is 0 Å². The van der Waals surface area contributed by atoms with E-state index in [1.54, 1.807) is 0 Å². The van der Waals surface area contributed by atoms with Crippen molar-refractivity contribution in [1.29, 1.82) is 0 Å². The number of hydrogen-bond donors (Lipinski definition) is 0. The fraction of sp³-hybridized carbons (Fsp3) is 0. The molecule has 0 aliphatic rings. The molecule has 0 amide bonds. The van der Waals surface area contributed by atoms with E-state index in [0.717, 1.165) is 50.1 Å². The van der Waals surface area contributed by atoms with Crippen LogP contribution in [0.5, 0.6) is 0 Å². The fourth-order valence-corrected chi connectivity index (χ4v) is 10.3. The van der Waals surface area contributed by atoms with Crippen LogP contribution in [0.3, 0.4) is 0 Å². The Balaban J connectivity index is 0.955. The summed E-state index contributed by atoms with van der Waals surface area (Å²) < 4.78 is 8.76. The quantitative estimate of drug-likeness (QED) is 0.160. The van der Waals surface area contributed by atoms with Crippen LogP contribution < -0.4 is 4.90 Å². The predicted molar refractivity (Wildman–Crippen MR) is 261 cm³/mol. The van der Waals surface area contributed by atoms with Crippen LogP contribution in [0.4, 0.5) is 17.1 Å². The molecule has 3 heteroatoms. The summed E-state index contributed by atoms with van der Waals surface area (Å²) in [4.78, 5) is 2.41. The maximum atomic E-state index is 6.15. The molecule has 0 spiro atoms. The number of benzene rings is 10. The third-order valence-corrected chi connectivity index (χ3v) is 13.3. The normalized spacial score (nSPS) is 11.6. The van der Waals surface area contributed by atoms with Gasteiger partial charge < -0.3 is 9.32 Å². The molecule has 0 atom stereocenters. The molecule has 0 saturated carbocycles. The van der Waals surface area contributed by atoms with Crippen molar-refractivity contribution >= 4 is 81.3 Å². The molecule has 0 radical (unpaired) electrons. The average molecular weight is 796 g/mol. The molecule has 10 aromatic carbocycles. The molecule has 0 fully saturated rings. The molecule has 0 N–H and O–H groups in total. The second-order valence-electron chi connectivity index (χ2n) is 15.6. The van der Waals surface area contributed by atoms with E-state index in [2.05, 4.69) is 217 Å². The molecule has 2 nitrogen and oxygen atoms in total. The van der Waals surface area contributed by atoms with Crippen LogP contribution in [0.15, 0.2) is 229 Å². The van der Waals surface area contributed by atoms with Crippen LogP contribution in [-0.4, -0.2) is 0 Å². The topological polar surface area (TPSA) is 16.4 Å². The summed E-state index contributed by atoms with van der Waals surface area (Å²) in [6.07, 6.45) is 0. The average Bonchev–Trinajstić information content (AvgIpc) is 3.91. The maximum Gasteiger partial charge on any atom is 0.135 e. The second kappa shape index (κ2) is 14.5. The summed E-state index contributed by atoms with van der Waals surface area (Å²) in [6, 6.07) is 81.2. The van der Waals surface area contributed by atoms with Crippen LogP contribution in [0.1, 0.15) is 0 Å². The number of fused-ring (bicyclic) bond motifs is 7. The van der Waals surface area contributed by atoms with E-state index in [1.807, 2.05) is 23.5 Å². The van der Waals surface area contributed by atoms with Crippen molar-refractivity contribution in [3.8, 4) is 44.5 Å². The highest BCUT2D eigenvalue weighted by Crippen LogP contribution is 2.46. The molecular weight excluding hydrogens is 759 g/mol. The Labute approximate surface area is 357 Å². The smallest absolute Gasteiger partial charge is 0.135 e. The van der Waals surface area contributed by atoms with Crippen molar-refractivity contribution in [3.05, 3.63) is 224 Å². The van der Waals surface area contributed by atoms with E-state index < -0.39 is 0 Å². The Kier molecular flexibility index (Phi) is 8.39. The Morgan fingerprint density at radius 2 is 0.852 bits per heavy atom. The summed E-state index contributed by atoms with van der Waals surface area (Å²) in [5, 5.41) is 7.39. The van der Waals surface area contributed by atoms with Gasteiger partial charge in [0.1, 0.15) is 11.2 Å². The lowest BCUT2D eigenvalue weighted by Crippen LogP contribution is -2.11. The standard InChI is InChI=1S/C58H37NOS/c1-2-13-46-41(11-1)12-9-17-47(46)42-25-23-38(24-26-42)39-27-32-44(33-28-39)59(45-34-29-40(30-35-45)43-31-36-56-53(37-43)49-15-4-7-21-55(49)60-56)54-20-6-3-14-48(54)51-18-10-19-52-50-16-5-8-22-57(50)61-58(51)52/h1-37H. The van der Waals surface area contributed by atoms with E-state index in [1.165, 1.54) is 64.3 Å². The molecule has 0 aliphatic carbocycles. The largest absolute Gasteiger partial charge is 0.456 e. The first-order valence-corrected chi connectivity index (χ1v) is 21.6. The summed E-state index contributed by atoms with van der Waals surface area (Å²) in [5.41, 5.74) is 14.7. The first-order chi connectivity index (χ1) is 30.2. The molecule has 0 bridgehead atoms. The van der Waals surface area contributed by atoms with Gasteiger partial charge in [0, 0.05) is 53.4 Å². The molecule has 0 saturated heterocycles. The van der Waals surface area contributed by atoms with E-state index in [9.17, 15) is 0 Å². The molecule has 2 heterocycles. The lowest BCUT2D eigenvalue weighted by atomic mass is 9.96. The first-order valence-electron chi connectivity index (χ1n) is 20.7. The highest BCUT2D eigenvalue weighted by molar-refractivity contribution is 7.26. The molecule has 286 valence electrons. The lowest BCUT2D eigenvalue weighted by Gasteiger charge is -2.28. The highest BCUT2D eigenvalue weighted by Gasteiger charge is 2.20. The molecular formula is C58H37NOS. The summed E-state index contributed by atoms with van der Waals surface area (Å²) in [6.45, 7) is 0. The zero-order chi connectivity index (χ0) is 40.3.